The molecule has 1 aliphatic rings. The van der Waals surface area contributed by atoms with Gasteiger partial charge < -0.3 is 20.0 Å². The molecular formula is C23H27IN4O2. The number of guanidine groups is 1. The summed E-state index contributed by atoms with van der Waals surface area (Å²) in [5.41, 5.74) is 4.15. The number of nitrogens with zero attached hydrogens (tertiary/aromatic N) is 2. The van der Waals surface area contributed by atoms with Crippen LogP contribution in [0.3, 0.4) is 0 Å². The second-order valence-electron chi connectivity index (χ2n) is 7.24. The third-order valence-electron chi connectivity index (χ3n) is 5.36. The number of amides is 1. The van der Waals surface area contributed by atoms with Gasteiger partial charge in [0.25, 0.3) is 0 Å². The van der Waals surface area contributed by atoms with Crippen LogP contribution < -0.4 is 15.5 Å². The number of furan rings is 1. The monoisotopic (exact) mass is 518 g/mol. The fourth-order valence-corrected chi connectivity index (χ4v) is 3.68. The highest BCUT2D eigenvalue weighted by atomic mass is 127. The first-order valence-electron chi connectivity index (χ1n) is 9.96. The highest BCUT2D eigenvalue weighted by Crippen LogP contribution is 2.24. The van der Waals surface area contributed by atoms with Crippen LogP contribution in [0.15, 0.2) is 57.9 Å². The average molecular weight is 518 g/mol. The second kappa shape index (κ2) is 9.97. The number of benzene rings is 2. The van der Waals surface area contributed by atoms with Crippen molar-refractivity contribution in [2.75, 3.05) is 18.5 Å². The summed E-state index contributed by atoms with van der Waals surface area (Å²) in [7, 11) is 1.75. The van der Waals surface area contributed by atoms with Crippen LogP contribution in [0.25, 0.3) is 11.0 Å². The number of hydrogen-bond acceptors (Lipinski definition) is 3. The predicted octanol–water partition coefficient (Wildman–Crippen LogP) is 4.35. The molecule has 0 spiro atoms. The molecule has 1 fully saturated rings. The molecule has 0 aliphatic carbocycles. The summed E-state index contributed by atoms with van der Waals surface area (Å²) in [6.07, 6.45) is 1.59. The van der Waals surface area contributed by atoms with Crippen molar-refractivity contribution >= 4 is 52.5 Å². The summed E-state index contributed by atoms with van der Waals surface area (Å²) in [4.78, 5) is 18.0. The van der Waals surface area contributed by atoms with Gasteiger partial charge in [-0.2, -0.15) is 0 Å². The van der Waals surface area contributed by atoms with E-state index in [0.29, 0.717) is 25.5 Å². The van der Waals surface area contributed by atoms with Gasteiger partial charge in [-0.05, 0) is 37.1 Å². The lowest BCUT2D eigenvalue weighted by Crippen LogP contribution is -2.36. The minimum Gasteiger partial charge on any atom is -0.459 e. The van der Waals surface area contributed by atoms with E-state index in [-0.39, 0.29) is 29.9 Å². The number of aryl methyl sites for hydroxylation is 1. The molecule has 1 aromatic heterocycles. The number of para-hydroxylation sites is 1. The van der Waals surface area contributed by atoms with Crippen LogP contribution in [0.2, 0.25) is 0 Å². The van der Waals surface area contributed by atoms with Crippen molar-refractivity contribution in [2.45, 2.75) is 32.9 Å². The Kier molecular flexibility index (Phi) is 7.36. The zero-order chi connectivity index (χ0) is 20.2. The van der Waals surface area contributed by atoms with E-state index >= 15 is 0 Å². The molecule has 4 rings (SSSR count). The maximum atomic E-state index is 11.9. The van der Waals surface area contributed by atoms with Crippen LogP contribution in [0, 0.1) is 6.92 Å². The van der Waals surface area contributed by atoms with Gasteiger partial charge in [-0.3, -0.25) is 9.79 Å². The van der Waals surface area contributed by atoms with Crippen molar-refractivity contribution in [3.05, 3.63) is 65.4 Å². The van der Waals surface area contributed by atoms with E-state index in [9.17, 15) is 4.79 Å². The number of rotatable bonds is 5. The van der Waals surface area contributed by atoms with E-state index in [1.807, 2.05) is 47.4 Å². The van der Waals surface area contributed by atoms with Crippen molar-refractivity contribution < 1.29 is 9.21 Å². The summed E-state index contributed by atoms with van der Waals surface area (Å²) in [6.45, 7) is 4.10. The first kappa shape index (κ1) is 22.1. The largest absolute Gasteiger partial charge is 0.459 e. The molecule has 2 heterocycles. The zero-order valence-corrected chi connectivity index (χ0v) is 19.6. The number of nitrogens with one attached hydrogen (secondary N) is 2. The number of carbonyl (C=O) groups is 1. The van der Waals surface area contributed by atoms with Gasteiger partial charge in [-0.1, -0.05) is 30.3 Å². The molecule has 3 aromatic rings. The van der Waals surface area contributed by atoms with Crippen molar-refractivity contribution in [1.82, 2.24) is 10.6 Å². The highest BCUT2D eigenvalue weighted by Gasteiger charge is 2.21. The van der Waals surface area contributed by atoms with Crippen LogP contribution in [0.4, 0.5) is 5.69 Å². The summed E-state index contributed by atoms with van der Waals surface area (Å²) in [5, 5.41) is 7.78. The molecule has 158 valence electrons. The molecule has 2 aromatic carbocycles. The molecule has 1 amide bonds. The standard InChI is InChI=1S/C23H26N4O2.HI/c1-16-19-6-3-4-7-20(19)29-21(16)15-26-23(24-2)25-14-17-9-11-18(12-10-17)27-13-5-8-22(27)28;/h3-4,6-7,9-12H,5,8,13-15H2,1-2H3,(H2,24,25,26);1H. The average Bonchev–Trinajstić information content (AvgIpc) is 3.32. The van der Waals surface area contributed by atoms with Crippen LogP contribution in [-0.2, 0) is 17.9 Å². The SMILES string of the molecule is CN=C(NCc1ccc(N2CCCC2=O)cc1)NCc1oc2ccccc2c1C.I. The number of carbonyl (C=O) groups excluding carboxylic acids is 1. The van der Waals surface area contributed by atoms with Gasteiger partial charge in [-0.15, -0.1) is 24.0 Å². The minimum atomic E-state index is 0. The molecule has 0 bridgehead atoms. The Balaban J connectivity index is 0.00000256. The van der Waals surface area contributed by atoms with E-state index in [0.717, 1.165) is 46.5 Å². The summed E-state index contributed by atoms with van der Waals surface area (Å²) >= 11 is 0. The number of aliphatic imine (C=N–C) groups is 1. The Labute approximate surface area is 193 Å². The Hall–Kier alpha value is -2.55. The predicted molar refractivity (Wildman–Crippen MR) is 131 cm³/mol. The van der Waals surface area contributed by atoms with Gasteiger partial charge in [0.1, 0.15) is 11.3 Å². The fourth-order valence-electron chi connectivity index (χ4n) is 3.68. The van der Waals surface area contributed by atoms with Gasteiger partial charge in [0.2, 0.25) is 5.91 Å². The van der Waals surface area contributed by atoms with Crippen molar-refractivity contribution in [3.63, 3.8) is 0 Å². The highest BCUT2D eigenvalue weighted by molar-refractivity contribution is 14.0. The number of halogens is 1. The topological polar surface area (TPSA) is 69.9 Å². The Morgan fingerprint density at radius 1 is 1.10 bits per heavy atom. The molecule has 1 saturated heterocycles. The third kappa shape index (κ3) is 4.77. The molecule has 1 aliphatic heterocycles. The summed E-state index contributed by atoms with van der Waals surface area (Å²) < 4.78 is 5.95. The molecule has 0 saturated carbocycles. The lowest BCUT2D eigenvalue weighted by Gasteiger charge is -2.16. The van der Waals surface area contributed by atoms with Crippen molar-refractivity contribution in [1.29, 1.82) is 0 Å². The van der Waals surface area contributed by atoms with Crippen LogP contribution in [-0.4, -0.2) is 25.5 Å². The lowest BCUT2D eigenvalue weighted by atomic mass is 10.1. The maximum Gasteiger partial charge on any atom is 0.227 e. The van der Waals surface area contributed by atoms with Crippen LogP contribution >= 0.6 is 24.0 Å². The Morgan fingerprint density at radius 3 is 2.50 bits per heavy atom. The lowest BCUT2D eigenvalue weighted by molar-refractivity contribution is -0.117. The second-order valence-corrected chi connectivity index (χ2v) is 7.24. The Bertz CT molecular complexity index is 1040. The van der Waals surface area contributed by atoms with Crippen molar-refractivity contribution in [2.24, 2.45) is 4.99 Å². The van der Waals surface area contributed by atoms with E-state index < -0.39 is 0 Å². The normalized spacial score (nSPS) is 14.1. The number of fused-ring (bicyclic) bond motifs is 1. The first-order chi connectivity index (χ1) is 14.2. The van der Waals surface area contributed by atoms with Gasteiger partial charge >= 0.3 is 0 Å². The van der Waals surface area contributed by atoms with Crippen molar-refractivity contribution in [3.8, 4) is 0 Å². The zero-order valence-electron chi connectivity index (χ0n) is 17.3. The van der Waals surface area contributed by atoms with E-state index in [1.54, 1.807) is 7.05 Å². The van der Waals surface area contributed by atoms with E-state index in [1.165, 1.54) is 0 Å². The van der Waals surface area contributed by atoms with Gasteiger partial charge in [0.15, 0.2) is 5.96 Å². The summed E-state index contributed by atoms with van der Waals surface area (Å²) in [5.74, 6) is 1.83. The summed E-state index contributed by atoms with van der Waals surface area (Å²) in [6, 6.07) is 16.2. The molecule has 0 unspecified atom stereocenters. The minimum absolute atomic E-state index is 0. The molecule has 7 heteroatoms. The molecule has 0 radical (unpaired) electrons. The van der Waals surface area contributed by atoms with Gasteiger partial charge in [-0.25, -0.2) is 0 Å². The smallest absolute Gasteiger partial charge is 0.227 e. The number of anilines is 1. The van der Waals surface area contributed by atoms with Gasteiger partial charge in [0.05, 0.1) is 6.54 Å². The quantitative estimate of drug-likeness (QED) is 0.300. The van der Waals surface area contributed by atoms with Crippen LogP contribution in [0.1, 0.15) is 29.7 Å². The van der Waals surface area contributed by atoms with Crippen LogP contribution in [0.5, 0.6) is 0 Å². The molecule has 2 N–H and O–H groups in total. The molecular weight excluding hydrogens is 491 g/mol. The van der Waals surface area contributed by atoms with E-state index in [4.69, 9.17) is 4.42 Å². The molecule has 6 nitrogen and oxygen atoms in total. The first-order valence-corrected chi connectivity index (χ1v) is 9.96. The fraction of sp³-hybridized carbons (Fsp3) is 0.304. The third-order valence-corrected chi connectivity index (χ3v) is 5.36. The van der Waals surface area contributed by atoms with Gasteiger partial charge in [0, 0.05) is 43.2 Å². The Morgan fingerprint density at radius 2 is 1.83 bits per heavy atom. The van der Waals surface area contributed by atoms with E-state index in [2.05, 4.69) is 28.6 Å². The molecule has 0 atom stereocenters. The molecule has 30 heavy (non-hydrogen) atoms. The maximum absolute atomic E-state index is 11.9. The number of hydrogen-bond donors (Lipinski definition) is 2.